The summed E-state index contributed by atoms with van der Waals surface area (Å²) in [5.41, 5.74) is 4.15. The Morgan fingerprint density at radius 2 is 2.60 bits per heavy atom. The van der Waals surface area contributed by atoms with Crippen LogP contribution in [0, 0.1) is 0 Å². The Morgan fingerprint density at radius 3 is 3.50 bits per heavy atom. The molecule has 1 aliphatic heterocycles. The Bertz CT molecular complexity index is 273. The van der Waals surface area contributed by atoms with Gasteiger partial charge in [0.1, 0.15) is 12.2 Å². The average molecular weight is 136 g/mol. The van der Waals surface area contributed by atoms with Crippen LogP contribution in [0.5, 0.6) is 0 Å². The van der Waals surface area contributed by atoms with Gasteiger partial charge in [0.25, 0.3) is 0 Å². The highest BCUT2D eigenvalue weighted by atomic mass is 15.5. The van der Waals surface area contributed by atoms with Crippen LogP contribution < -0.4 is 5.43 Å². The van der Waals surface area contributed by atoms with Gasteiger partial charge in [-0.25, -0.2) is 9.66 Å². The average Bonchev–Trinajstić information content (AvgIpc) is 2.33. The lowest BCUT2D eigenvalue weighted by Crippen LogP contribution is -2.25. The Balaban J connectivity index is 2.39. The second kappa shape index (κ2) is 1.83. The number of nitrogens with one attached hydrogen (secondary N) is 1. The van der Waals surface area contributed by atoms with Crippen molar-refractivity contribution in [3.8, 4) is 0 Å². The molecule has 0 spiro atoms. The van der Waals surface area contributed by atoms with Crippen LogP contribution in [0.25, 0.3) is 0 Å². The number of aromatic nitrogens is 2. The molecule has 4 nitrogen and oxygen atoms in total. The lowest BCUT2D eigenvalue weighted by Gasteiger charge is -2.13. The van der Waals surface area contributed by atoms with E-state index in [1.54, 1.807) is 6.33 Å². The molecule has 10 heavy (non-hydrogen) atoms. The van der Waals surface area contributed by atoms with Crippen molar-refractivity contribution in [2.75, 3.05) is 5.43 Å². The van der Waals surface area contributed by atoms with E-state index in [1.807, 2.05) is 17.8 Å². The molecule has 0 radical (unpaired) electrons. The van der Waals surface area contributed by atoms with Gasteiger partial charge in [-0.15, -0.1) is 0 Å². The Morgan fingerprint density at radius 1 is 1.70 bits per heavy atom. The summed E-state index contributed by atoms with van der Waals surface area (Å²) in [6, 6.07) is 0. The van der Waals surface area contributed by atoms with Crippen molar-refractivity contribution in [2.45, 2.75) is 13.5 Å². The molecular formula is C6H8N4. The highest BCUT2D eigenvalue weighted by Crippen LogP contribution is 2.03. The number of hydrogen-bond acceptors (Lipinski definition) is 3. The van der Waals surface area contributed by atoms with Crippen LogP contribution in [0.3, 0.4) is 0 Å². The highest BCUT2D eigenvalue weighted by molar-refractivity contribution is 5.87. The van der Waals surface area contributed by atoms with Crippen molar-refractivity contribution in [3.05, 3.63) is 18.2 Å². The number of rotatable bonds is 0. The second-order valence-electron chi connectivity index (χ2n) is 2.27. The van der Waals surface area contributed by atoms with Crippen LogP contribution in [-0.2, 0) is 6.54 Å². The third-order valence-corrected chi connectivity index (χ3v) is 1.48. The van der Waals surface area contributed by atoms with Crippen molar-refractivity contribution < 1.29 is 0 Å². The molecule has 1 N–H and O–H groups in total. The molecule has 2 heterocycles. The van der Waals surface area contributed by atoms with E-state index in [2.05, 4.69) is 15.4 Å². The molecule has 0 amide bonds. The zero-order valence-corrected chi connectivity index (χ0v) is 5.70. The van der Waals surface area contributed by atoms with Crippen LogP contribution >= 0.6 is 0 Å². The summed E-state index contributed by atoms with van der Waals surface area (Å²) < 4.78 is 1.88. The second-order valence-corrected chi connectivity index (χ2v) is 2.27. The first-order chi connectivity index (χ1) is 4.86. The minimum Gasteiger partial charge on any atom is -0.280 e. The van der Waals surface area contributed by atoms with Gasteiger partial charge in [-0.05, 0) is 6.92 Å². The third kappa shape index (κ3) is 0.689. The molecule has 0 fully saturated rings. The van der Waals surface area contributed by atoms with Crippen molar-refractivity contribution in [1.82, 2.24) is 9.66 Å². The molecule has 0 unspecified atom stereocenters. The number of aliphatic imine (C=N–C) groups is 1. The zero-order chi connectivity index (χ0) is 6.97. The molecule has 0 bridgehead atoms. The molecule has 0 aliphatic carbocycles. The van der Waals surface area contributed by atoms with Gasteiger partial charge >= 0.3 is 0 Å². The van der Waals surface area contributed by atoms with Gasteiger partial charge in [-0.1, -0.05) is 0 Å². The monoisotopic (exact) mass is 136 g/mol. The van der Waals surface area contributed by atoms with Gasteiger partial charge in [0.2, 0.25) is 0 Å². The van der Waals surface area contributed by atoms with E-state index in [4.69, 9.17) is 0 Å². The Kier molecular flexibility index (Phi) is 1.00. The Labute approximate surface area is 58.6 Å². The number of amidine groups is 1. The van der Waals surface area contributed by atoms with Gasteiger partial charge < -0.3 is 0 Å². The van der Waals surface area contributed by atoms with Gasteiger partial charge in [-0.2, -0.15) is 0 Å². The molecule has 1 aromatic heterocycles. The highest BCUT2D eigenvalue weighted by Gasteiger charge is 2.05. The van der Waals surface area contributed by atoms with E-state index in [0.717, 1.165) is 18.1 Å². The molecule has 2 rings (SSSR count). The minimum absolute atomic E-state index is 0.735. The quantitative estimate of drug-likeness (QED) is 0.559. The van der Waals surface area contributed by atoms with Crippen LogP contribution in [0.4, 0.5) is 0 Å². The van der Waals surface area contributed by atoms with Crippen LogP contribution in [0.2, 0.25) is 0 Å². The van der Waals surface area contributed by atoms with Crippen molar-refractivity contribution in [1.29, 1.82) is 0 Å². The molecule has 0 aromatic carbocycles. The van der Waals surface area contributed by atoms with Crippen molar-refractivity contribution in [2.24, 2.45) is 4.99 Å². The lowest BCUT2D eigenvalue weighted by atomic mass is 10.4. The fraction of sp³-hybridized carbons (Fsp3) is 0.333. The summed E-state index contributed by atoms with van der Waals surface area (Å²) in [6.45, 7) is 2.67. The van der Waals surface area contributed by atoms with Gasteiger partial charge in [0, 0.05) is 0 Å². The summed E-state index contributed by atoms with van der Waals surface area (Å²) in [4.78, 5) is 8.15. The minimum atomic E-state index is 0.735. The van der Waals surface area contributed by atoms with E-state index in [0.29, 0.717) is 0 Å². The zero-order valence-electron chi connectivity index (χ0n) is 5.70. The van der Waals surface area contributed by atoms with Gasteiger partial charge in [0.05, 0.1) is 18.4 Å². The largest absolute Gasteiger partial charge is 0.280 e. The predicted molar refractivity (Wildman–Crippen MR) is 38.4 cm³/mol. The maximum atomic E-state index is 4.19. The fourth-order valence-corrected chi connectivity index (χ4v) is 0.949. The Hall–Kier alpha value is -1.32. The first-order valence-electron chi connectivity index (χ1n) is 3.15. The number of fused-ring (bicyclic) bond motifs is 1. The summed E-state index contributed by atoms with van der Waals surface area (Å²) >= 11 is 0. The lowest BCUT2D eigenvalue weighted by molar-refractivity contribution is 0.823. The van der Waals surface area contributed by atoms with Gasteiger partial charge in [0.15, 0.2) is 0 Å². The maximum Gasteiger partial charge on any atom is 0.115 e. The van der Waals surface area contributed by atoms with Crippen molar-refractivity contribution in [3.63, 3.8) is 0 Å². The summed E-state index contributed by atoms with van der Waals surface area (Å²) in [5.74, 6) is 0.936. The maximum absolute atomic E-state index is 4.19. The first-order valence-corrected chi connectivity index (χ1v) is 3.15. The van der Waals surface area contributed by atoms with Crippen molar-refractivity contribution >= 4 is 5.84 Å². The van der Waals surface area contributed by atoms with E-state index in [-0.39, 0.29) is 0 Å². The molecule has 1 aliphatic rings. The molecule has 52 valence electrons. The molecule has 0 atom stereocenters. The standard InChI is InChI=1S/C6H8N4/c1-5-8-3-6-2-7-4-10(6)9-5/h2,4H,3H2,1H3,(H,8,9). The smallest absolute Gasteiger partial charge is 0.115 e. The number of imidazole rings is 1. The van der Waals surface area contributed by atoms with E-state index < -0.39 is 0 Å². The molecule has 0 saturated heterocycles. The van der Waals surface area contributed by atoms with Gasteiger partial charge in [-0.3, -0.25) is 10.4 Å². The third-order valence-electron chi connectivity index (χ3n) is 1.48. The number of hydrogen-bond donors (Lipinski definition) is 1. The summed E-state index contributed by atoms with van der Waals surface area (Å²) in [6.07, 6.45) is 3.55. The molecule has 0 saturated carbocycles. The van der Waals surface area contributed by atoms with E-state index in [9.17, 15) is 0 Å². The fourth-order valence-electron chi connectivity index (χ4n) is 0.949. The number of nitrogens with zero attached hydrogens (tertiary/aromatic N) is 3. The summed E-state index contributed by atoms with van der Waals surface area (Å²) in [7, 11) is 0. The van der Waals surface area contributed by atoms with E-state index >= 15 is 0 Å². The summed E-state index contributed by atoms with van der Waals surface area (Å²) in [5, 5.41) is 0. The molecule has 1 aromatic rings. The van der Waals surface area contributed by atoms with Crippen LogP contribution in [0.15, 0.2) is 17.5 Å². The van der Waals surface area contributed by atoms with E-state index in [1.165, 1.54) is 0 Å². The normalized spacial score (nSPS) is 15.5. The first kappa shape index (κ1) is 5.46. The SMILES string of the molecule is CC1=NCc2cncn2N1. The van der Waals surface area contributed by atoms with Crippen LogP contribution in [0.1, 0.15) is 12.6 Å². The van der Waals surface area contributed by atoms with Crippen LogP contribution in [-0.4, -0.2) is 15.5 Å². The molecule has 4 heteroatoms. The topological polar surface area (TPSA) is 42.2 Å². The predicted octanol–water partition coefficient (Wildman–Crippen LogP) is 0.359. The molecular weight excluding hydrogens is 128 g/mol.